The van der Waals surface area contributed by atoms with Gasteiger partial charge >= 0.3 is 0 Å². The highest BCUT2D eigenvalue weighted by Crippen LogP contribution is 2.20. The fraction of sp³-hybridized carbons (Fsp3) is 0.571. The molecule has 0 aromatic heterocycles. The quantitative estimate of drug-likeness (QED) is 0.801. The molecule has 0 saturated carbocycles. The molecule has 1 saturated heterocycles. The van der Waals surface area contributed by atoms with Crippen LogP contribution in [0.2, 0.25) is 0 Å². The standard InChI is InChI=1S/C14H21NOS/c16-14-6-8-15(9-7-14)10-13(11-17)12-4-2-1-3-5-12/h1-5,13-14,16-17H,6-11H2. The zero-order chi connectivity index (χ0) is 12.1. The second kappa shape index (κ2) is 6.43. The van der Waals surface area contributed by atoms with E-state index >= 15 is 0 Å². The summed E-state index contributed by atoms with van der Waals surface area (Å²) in [4.78, 5) is 2.45. The van der Waals surface area contributed by atoms with Crippen molar-refractivity contribution < 1.29 is 5.11 Å². The third-order valence-corrected chi connectivity index (χ3v) is 3.97. The first kappa shape index (κ1) is 12.9. The van der Waals surface area contributed by atoms with Crippen molar-refractivity contribution >= 4 is 12.6 Å². The van der Waals surface area contributed by atoms with E-state index in [0.717, 1.165) is 38.2 Å². The Morgan fingerprint density at radius 2 is 1.88 bits per heavy atom. The minimum absolute atomic E-state index is 0.0857. The summed E-state index contributed by atoms with van der Waals surface area (Å²) in [6, 6.07) is 10.6. The Labute approximate surface area is 109 Å². The van der Waals surface area contributed by atoms with Gasteiger partial charge in [0.2, 0.25) is 0 Å². The third kappa shape index (κ3) is 3.73. The van der Waals surface area contributed by atoms with E-state index in [1.54, 1.807) is 0 Å². The first-order valence-corrected chi connectivity index (χ1v) is 6.99. The Bertz CT molecular complexity index is 322. The number of thiol groups is 1. The average molecular weight is 251 g/mol. The maximum Gasteiger partial charge on any atom is 0.0564 e. The summed E-state index contributed by atoms with van der Waals surface area (Å²) in [5, 5.41) is 9.49. The maximum atomic E-state index is 9.49. The van der Waals surface area contributed by atoms with Crippen LogP contribution >= 0.6 is 12.6 Å². The molecule has 2 rings (SSSR count). The van der Waals surface area contributed by atoms with Crippen molar-refractivity contribution in [2.45, 2.75) is 24.9 Å². The molecule has 1 aromatic rings. The number of benzene rings is 1. The molecule has 1 aliphatic rings. The molecular formula is C14H21NOS. The molecule has 3 heteroatoms. The second-order valence-electron chi connectivity index (χ2n) is 4.82. The molecule has 1 aromatic carbocycles. The Hall–Kier alpha value is -0.510. The summed E-state index contributed by atoms with van der Waals surface area (Å²) >= 11 is 4.47. The van der Waals surface area contributed by atoms with Crippen molar-refractivity contribution in [3.63, 3.8) is 0 Å². The van der Waals surface area contributed by atoms with Crippen molar-refractivity contribution in [3.8, 4) is 0 Å². The van der Waals surface area contributed by atoms with Gasteiger partial charge in [-0.3, -0.25) is 0 Å². The van der Waals surface area contributed by atoms with Gasteiger partial charge in [-0.05, 0) is 24.2 Å². The molecule has 0 amide bonds. The lowest BCUT2D eigenvalue weighted by molar-refractivity contribution is 0.0805. The van der Waals surface area contributed by atoms with E-state index in [0.29, 0.717) is 5.92 Å². The van der Waals surface area contributed by atoms with Gasteiger partial charge < -0.3 is 10.0 Å². The zero-order valence-corrected chi connectivity index (χ0v) is 11.0. The normalized spacial score (nSPS) is 20.4. The molecule has 0 aliphatic carbocycles. The van der Waals surface area contributed by atoms with Crippen LogP contribution in [0, 0.1) is 0 Å². The van der Waals surface area contributed by atoms with Crippen molar-refractivity contribution in [3.05, 3.63) is 35.9 Å². The number of piperidine rings is 1. The van der Waals surface area contributed by atoms with Gasteiger partial charge in [0.05, 0.1) is 6.10 Å². The predicted molar refractivity (Wildman–Crippen MR) is 74.7 cm³/mol. The predicted octanol–water partition coefficient (Wildman–Crippen LogP) is 2.16. The van der Waals surface area contributed by atoms with Crippen molar-refractivity contribution in [1.29, 1.82) is 0 Å². The van der Waals surface area contributed by atoms with Crippen LogP contribution in [0.3, 0.4) is 0 Å². The Morgan fingerprint density at radius 3 is 2.47 bits per heavy atom. The number of likely N-dealkylation sites (tertiary alicyclic amines) is 1. The van der Waals surface area contributed by atoms with Crippen LogP contribution in [0.25, 0.3) is 0 Å². The number of nitrogens with zero attached hydrogens (tertiary/aromatic N) is 1. The minimum Gasteiger partial charge on any atom is -0.393 e. The van der Waals surface area contributed by atoms with Crippen LogP contribution in [-0.4, -0.2) is 41.5 Å². The molecule has 0 radical (unpaired) electrons. The van der Waals surface area contributed by atoms with Crippen molar-refractivity contribution in [1.82, 2.24) is 4.90 Å². The van der Waals surface area contributed by atoms with E-state index in [4.69, 9.17) is 0 Å². The lowest BCUT2D eigenvalue weighted by atomic mass is 9.99. The Balaban J connectivity index is 1.92. The molecule has 2 nitrogen and oxygen atoms in total. The molecule has 0 bridgehead atoms. The lowest BCUT2D eigenvalue weighted by Gasteiger charge is -2.32. The molecule has 0 spiro atoms. The average Bonchev–Trinajstić information content (AvgIpc) is 2.39. The van der Waals surface area contributed by atoms with Gasteiger partial charge in [-0.1, -0.05) is 30.3 Å². The summed E-state index contributed by atoms with van der Waals surface area (Å²) in [6.45, 7) is 3.08. The fourth-order valence-electron chi connectivity index (χ4n) is 2.41. The van der Waals surface area contributed by atoms with E-state index in [9.17, 15) is 5.11 Å². The van der Waals surface area contributed by atoms with Gasteiger partial charge in [0.15, 0.2) is 0 Å². The molecule has 1 heterocycles. The highest BCUT2D eigenvalue weighted by atomic mass is 32.1. The maximum absolute atomic E-state index is 9.49. The van der Waals surface area contributed by atoms with Crippen LogP contribution in [0.4, 0.5) is 0 Å². The first-order valence-electron chi connectivity index (χ1n) is 6.36. The monoisotopic (exact) mass is 251 g/mol. The molecule has 94 valence electrons. The molecule has 1 fully saturated rings. The zero-order valence-electron chi connectivity index (χ0n) is 10.1. The minimum atomic E-state index is -0.0857. The first-order chi connectivity index (χ1) is 8.29. The van der Waals surface area contributed by atoms with Gasteiger partial charge in [-0.2, -0.15) is 12.6 Å². The molecule has 1 unspecified atom stereocenters. The van der Waals surface area contributed by atoms with Gasteiger partial charge in [-0.15, -0.1) is 0 Å². The fourth-order valence-corrected chi connectivity index (χ4v) is 2.73. The summed E-state index contributed by atoms with van der Waals surface area (Å²) in [5.41, 5.74) is 1.37. The van der Waals surface area contributed by atoms with E-state index < -0.39 is 0 Å². The molecular weight excluding hydrogens is 230 g/mol. The smallest absolute Gasteiger partial charge is 0.0564 e. The summed E-state index contributed by atoms with van der Waals surface area (Å²) in [5.74, 6) is 1.37. The summed E-state index contributed by atoms with van der Waals surface area (Å²) < 4.78 is 0. The Kier molecular flexibility index (Phi) is 4.89. The van der Waals surface area contributed by atoms with Crippen LogP contribution in [0.1, 0.15) is 24.3 Å². The van der Waals surface area contributed by atoms with Gasteiger partial charge in [0.1, 0.15) is 0 Å². The molecule has 1 N–H and O–H groups in total. The topological polar surface area (TPSA) is 23.5 Å². The van der Waals surface area contributed by atoms with Gasteiger partial charge in [-0.25, -0.2) is 0 Å². The van der Waals surface area contributed by atoms with Crippen molar-refractivity contribution in [2.24, 2.45) is 0 Å². The van der Waals surface area contributed by atoms with Crippen LogP contribution < -0.4 is 0 Å². The SMILES string of the molecule is OC1CCN(CC(CS)c2ccccc2)CC1. The van der Waals surface area contributed by atoms with E-state index in [-0.39, 0.29) is 6.10 Å². The van der Waals surface area contributed by atoms with E-state index in [2.05, 4.69) is 47.9 Å². The lowest BCUT2D eigenvalue weighted by Crippen LogP contribution is -2.38. The van der Waals surface area contributed by atoms with Gasteiger partial charge in [0, 0.05) is 25.6 Å². The third-order valence-electron chi connectivity index (χ3n) is 3.53. The Morgan fingerprint density at radius 1 is 1.24 bits per heavy atom. The van der Waals surface area contributed by atoms with Gasteiger partial charge in [0.25, 0.3) is 0 Å². The van der Waals surface area contributed by atoms with E-state index in [1.807, 2.05) is 0 Å². The van der Waals surface area contributed by atoms with Crippen LogP contribution in [0.15, 0.2) is 30.3 Å². The second-order valence-corrected chi connectivity index (χ2v) is 5.19. The number of hydrogen-bond donors (Lipinski definition) is 2. The summed E-state index contributed by atoms with van der Waals surface area (Å²) in [7, 11) is 0. The van der Waals surface area contributed by atoms with Crippen molar-refractivity contribution in [2.75, 3.05) is 25.4 Å². The highest BCUT2D eigenvalue weighted by Gasteiger charge is 2.20. The number of rotatable bonds is 4. The largest absolute Gasteiger partial charge is 0.393 e. The number of aliphatic hydroxyl groups is 1. The van der Waals surface area contributed by atoms with Crippen LogP contribution in [-0.2, 0) is 0 Å². The molecule has 1 aliphatic heterocycles. The molecule has 1 atom stereocenters. The highest BCUT2D eigenvalue weighted by molar-refractivity contribution is 7.80. The van der Waals surface area contributed by atoms with E-state index in [1.165, 1.54) is 5.56 Å². The number of aliphatic hydroxyl groups excluding tert-OH is 1. The van der Waals surface area contributed by atoms with Crippen LogP contribution in [0.5, 0.6) is 0 Å². The molecule has 17 heavy (non-hydrogen) atoms. The summed E-state index contributed by atoms with van der Waals surface area (Å²) in [6.07, 6.45) is 1.74. The number of hydrogen-bond acceptors (Lipinski definition) is 3.